The lowest BCUT2D eigenvalue weighted by molar-refractivity contribution is 0.0755. The number of nitrogens with zero attached hydrogens (tertiary/aromatic N) is 2. The van der Waals surface area contributed by atoms with Crippen molar-refractivity contribution in [3.05, 3.63) is 52.0 Å². The molecule has 4 heteroatoms. The Morgan fingerprint density at radius 2 is 2.00 bits per heavy atom. The summed E-state index contributed by atoms with van der Waals surface area (Å²) in [6, 6.07) is 9.78. The van der Waals surface area contributed by atoms with E-state index >= 15 is 0 Å². The van der Waals surface area contributed by atoms with Crippen molar-refractivity contribution in [1.29, 1.82) is 0 Å². The first kappa shape index (κ1) is 15.7. The van der Waals surface area contributed by atoms with Crippen LogP contribution in [0.4, 0.5) is 0 Å². The maximum absolute atomic E-state index is 12.6. The van der Waals surface area contributed by atoms with E-state index in [2.05, 4.69) is 31.8 Å². The Hall–Kier alpha value is -1.68. The van der Waals surface area contributed by atoms with Gasteiger partial charge in [-0.2, -0.15) is 0 Å². The summed E-state index contributed by atoms with van der Waals surface area (Å²) in [6.07, 6.45) is 1.76. The van der Waals surface area contributed by atoms with Crippen molar-refractivity contribution in [2.75, 3.05) is 6.54 Å². The zero-order chi connectivity index (χ0) is 15.5. The molecule has 3 nitrogen and oxygen atoms in total. The van der Waals surface area contributed by atoms with Gasteiger partial charge in [0.2, 0.25) is 0 Å². The van der Waals surface area contributed by atoms with Gasteiger partial charge in [-0.3, -0.25) is 9.78 Å². The number of hydrogen-bond acceptors (Lipinski definition) is 3. The highest BCUT2D eigenvalue weighted by Crippen LogP contribution is 2.30. The van der Waals surface area contributed by atoms with Gasteiger partial charge in [-0.25, -0.2) is 0 Å². The van der Waals surface area contributed by atoms with E-state index in [-0.39, 0.29) is 11.3 Å². The standard InChI is InChI=1S/C17H22N2OS/c1-5-19(12-13-8-6-7-11-18-13)16(20)14-9-10-15(21-14)17(2,3)4/h6-11H,5,12H2,1-4H3. The van der Waals surface area contributed by atoms with Crippen LogP contribution in [-0.4, -0.2) is 22.3 Å². The summed E-state index contributed by atoms with van der Waals surface area (Å²) < 4.78 is 0. The Bertz CT molecular complexity index is 599. The van der Waals surface area contributed by atoms with Crippen LogP contribution in [0.3, 0.4) is 0 Å². The molecule has 0 saturated heterocycles. The summed E-state index contributed by atoms with van der Waals surface area (Å²) in [5.41, 5.74) is 1.00. The largest absolute Gasteiger partial charge is 0.332 e. The van der Waals surface area contributed by atoms with Crippen molar-refractivity contribution in [1.82, 2.24) is 9.88 Å². The molecular weight excluding hydrogens is 280 g/mol. The van der Waals surface area contributed by atoms with Crippen molar-refractivity contribution in [2.45, 2.75) is 39.7 Å². The smallest absolute Gasteiger partial charge is 0.264 e. The van der Waals surface area contributed by atoms with Crippen molar-refractivity contribution in [3.63, 3.8) is 0 Å². The number of rotatable bonds is 4. The zero-order valence-electron chi connectivity index (χ0n) is 13.1. The molecule has 0 radical (unpaired) electrons. The van der Waals surface area contributed by atoms with Crippen LogP contribution < -0.4 is 0 Å². The zero-order valence-corrected chi connectivity index (χ0v) is 13.9. The van der Waals surface area contributed by atoms with Gasteiger partial charge < -0.3 is 4.90 Å². The number of carbonyl (C=O) groups excluding carboxylic acids is 1. The highest BCUT2D eigenvalue weighted by atomic mass is 32.1. The minimum atomic E-state index is 0.0846. The van der Waals surface area contributed by atoms with Crippen molar-refractivity contribution >= 4 is 17.2 Å². The van der Waals surface area contributed by atoms with E-state index in [0.29, 0.717) is 13.1 Å². The van der Waals surface area contributed by atoms with Gasteiger partial charge in [0.15, 0.2) is 0 Å². The van der Waals surface area contributed by atoms with Crippen LogP contribution in [0.1, 0.15) is 47.9 Å². The van der Waals surface area contributed by atoms with Crippen LogP contribution in [-0.2, 0) is 12.0 Å². The van der Waals surface area contributed by atoms with Crippen molar-refractivity contribution in [3.8, 4) is 0 Å². The van der Waals surface area contributed by atoms with Gasteiger partial charge in [0.05, 0.1) is 17.1 Å². The SMILES string of the molecule is CCN(Cc1ccccn1)C(=O)c1ccc(C(C)(C)C)s1. The molecular formula is C17H22N2OS. The minimum absolute atomic E-state index is 0.0846. The molecule has 0 fully saturated rings. The quantitative estimate of drug-likeness (QED) is 0.852. The average Bonchev–Trinajstić information content (AvgIpc) is 2.95. The molecule has 21 heavy (non-hydrogen) atoms. The molecule has 2 heterocycles. The molecule has 0 unspecified atom stereocenters. The second-order valence-corrected chi connectivity index (χ2v) is 7.14. The monoisotopic (exact) mass is 302 g/mol. The number of thiophene rings is 1. The fraction of sp³-hybridized carbons (Fsp3) is 0.412. The van der Waals surface area contributed by atoms with E-state index in [9.17, 15) is 4.79 Å². The number of pyridine rings is 1. The Kier molecular flexibility index (Phi) is 4.78. The maximum Gasteiger partial charge on any atom is 0.264 e. The summed E-state index contributed by atoms with van der Waals surface area (Å²) in [4.78, 5) is 20.8. The molecule has 0 aliphatic carbocycles. The third-order valence-corrected chi connectivity index (χ3v) is 4.80. The maximum atomic E-state index is 12.6. The van der Waals surface area contributed by atoms with Gasteiger partial charge in [-0.05, 0) is 36.6 Å². The minimum Gasteiger partial charge on any atom is -0.332 e. The van der Waals surface area contributed by atoms with Crippen molar-refractivity contribution < 1.29 is 4.79 Å². The van der Waals surface area contributed by atoms with E-state index in [4.69, 9.17) is 0 Å². The Balaban J connectivity index is 2.15. The summed E-state index contributed by atoms with van der Waals surface area (Å²) >= 11 is 1.59. The topological polar surface area (TPSA) is 33.2 Å². The van der Waals surface area contributed by atoms with E-state index in [0.717, 1.165) is 10.6 Å². The van der Waals surface area contributed by atoms with E-state index < -0.39 is 0 Å². The molecule has 2 aromatic heterocycles. The third kappa shape index (κ3) is 3.91. The van der Waals surface area contributed by atoms with E-state index in [1.165, 1.54) is 4.88 Å². The van der Waals surface area contributed by atoms with Crippen LogP contribution in [0.5, 0.6) is 0 Å². The first-order chi connectivity index (χ1) is 9.91. The normalized spacial score (nSPS) is 11.4. The molecule has 1 amide bonds. The van der Waals surface area contributed by atoms with E-state index in [1.54, 1.807) is 17.5 Å². The Morgan fingerprint density at radius 3 is 2.52 bits per heavy atom. The van der Waals surface area contributed by atoms with Gasteiger partial charge >= 0.3 is 0 Å². The predicted molar refractivity (Wildman–Crippen MR) is 87.7 cm³/mol. The molecule has 0 aliphatic heterocycles. The predicted octanol–water partition coefficient (Wildman–Crippen LogP) is 4.10. The van der Waals surface area contributed by atoms with Gasteiger partial charge in [0, 0.05) is 17.6 Å². The highest BCUT2D eigenvalue weighted by molar-refractivity contribution is 7.14. The van der Waals surface area contributed by atoms with Crippen LogP contribution in [0.25, 0.3) is 0 Å². The average molecular weight is 302 g/mol. The summed E-state index contributed by atoms with van der Waals surface area (Å²) in [6.45, 7) is 9.73. The van der Waals surface area contributed by atoms with Crippen LogP contribution in [0.2, 0.25) is 0 Å². The summed E-state index contributed by atoms with van der Waals surface area (Å²) in [7, 11) is 0. The van der Waals surface area contributed by atoms with Crippen LogP contribution >= 0.6 is 11.3 Å². The fourth-order valence-corrected chi connectivity index (χ4v) is 3.06. The number of hydrogen-bond donors (Lipinski definition) is 0. The molecule has 0 aliphatic rings. The molecule has 2 aromatic rings. The first-order valence-corrected chi connectivity index (χ1v) is 8.03. The first-order valence-electron chi connectivity index (χ1n) is 7.21. The Labute approximate surface area is 130 Å². The number of carbonyl (C=O) groups is 1. The second kappa shape index (κ2) is 6.39. The van der Waals surface area contributed by atoms with Gasteiger partial charge in [-0.15, -0.1) is 11.3 Å². The summed E-state index contributed by atoms with van der Waals surface area (Å²) in [5.74, 6) is 0.0867. The third-order valence-electron chi connectivity index (χ3n) is 3.30. The van der Waals surface area contributed by atoms with Gasteiger partial charge in [-0.1, -0.05) is 26.8 Å². The Morgan fingerprint density at radius 1 is 1.24 bits per heavy atom. The number of amides is 1. The molecule has 112 valence electrons. The molecule has 0 saturated carbocycles. The van der Waals surface area contributed by atoms with Crippen molar-refractivity contribution in [2.24, 2.45) is 0 Å². The molecule has 0 N–H and O–H groups in total. The van der Waals surface area contributed by atoms with E-state index in [1.807, 2.05) is 36.1 Å². The molecule has 0 aromatic carbocycles. The molecule has 0 spiro atoms. The molecule has 2 rings (SSSR count). The lowest BCUT2D eigenvalue weighted by atomic mass is 9.95. The lowest BCUT2D eigenvalue weighted by Gasteiger charge is -2.20. The van der Waals surface area contributed by atoms with Crippen LogP contribution in [0, 0.1) is 0 Å². The molecule has 0 bridgehead atoms. The van der Waals surface area contributed by atoms with Gasteiger partial charge in [0.25, 0.3) is 5.91 Å². The molecule has 0 atom stereocenters. The number of aromatic nitrogens is 1. The second-order valence-electron chi connectivity index (χ2n) is 6.05. The summed E-state index contributed by atoms with van der Waals surface area (Å²) in [5, 5.41) is 0. The lowest BCUT2D eigenvalue weighted by Crippen LogP contribution is -2.30. The van der Waals surface area contributed by atoms with Gasteiger partial charge in [0.1, 0.15) is 0 Å². The van der Waals surface area contributed by atoms with Crippen LogP contribution in [0.15, 0.2) is 36.5 Å². The fourth-order valence-electron chi connectivity index (χ4n) is 2.03. The highest BCUT2D eigenvalue weighted by Gasteiger charge is 2.21.